The maximum absolute atomic E-state index is 4.83. The number of hydrogen-bond donors (Lipinski definition) is 0. The van der Waals surface area contributed by atoms with Gasteiger partial charge in [-0.15, -0.1) is 27.1 Å². The van der Waals surface area contributed by atoms with E-state index in [1.54, 1.807) is 16.3 Å². The summed E-state index contributed by atoms with van der Waals surface area (Å²) in [5.41, 5.74) is 2.06. The van der Waals surface area contributed by atoms with Crippen molar-refractivity contribution in [2.24, 2.45) is 0 Å². The summed E-state index contributed by atoms with van der Waals surface area (Å²) in [5, 5.41) is 13.8. The van der Waals surface area contributed by atoms with Gasteiger partial charge >= 0.3 is 0 Å². The van der Waals surface area contributed by atoms with E-state index in [4.69, 9.17) is 10.1 Å². The molecule has 0 saturated carbocycles. The van der Waals surface area contributed by atoms with Crippen LogP contribution in [0.2, 0.25) is 0 Å². The number of aryl methyl sites for hydroxylation is 1. The van der Waals surface area contributed by atoms with Gasteiger partial charge in [0, 0.05) is 31.9 Å². The molecule has 152 valence electrons. The van der Waals surface area contributed by atoms with Crippen LogP contribution in [-0.2, 0) is 5.75 Å². The summed E-state index contributed by atoms with van der Waals surface area (Å²) in [6.45, 7) is 5.42. The normalized spacial score (nSPS) is 14.4. The molecule has 0 spiro atoms. The SMILES string of the molecule is Cc1nnc2ccc(N3CCN(c4cncc(SCc5ccccc5)n4)CC3)nn12. The highest BCUT2D eigenvalue weighted by Gasteiger charge is 2.20. The fraction of sp³-hybridized carbons (Fsp3) is 0.286. The van der Waals surface area contributed by atoms with Gasteiger partial charge in [-0.1, -0.05) is 30.3 Å². The topological polar surface area (TPSA) is 75.3 Å². The largest absolute Gasteiger partial charge is 0.352 e. The average Bonchev–Trinajstić information content (AvgIpc) is 3.19. The Hall–Kier alpha value is -3.20. The van der Waals surface area contributed by atoms with Gasteiger partial charge in [-0.25, -0.2) is 4.98 Å². The summed E-state index contributed by atoms with van der Waals surface area (Å²) in [5.74, 6) is 3.57. The minimum atomic E-state index is 0.773. The van der Waals surface area contributed by atoms with Crippen molar-refractivity contribution in [2.45, 2.75) is 17.7 Å². The molecule has 0 aliphatic carbocycles. The monoisotopic (exact) mass is 418 g/mol. The first-order valence-electron chi connectivity index (χ1n) is 9.94. The number of thioether (sulfide) groups is 1. The van der Waals surface area contributed by atoms with E-state index in [1.807, 2.05) is 37.5 Å². The average molecular weight is 419 g/mol. The van der Waals surface area contributed by atoms with E-state index in [2.05, 4.69) is 49.2 Å². The highest BCUT2D eigenvalue weighted by Crippen LogP contribution is 2.23. The van der Waals surface area contributed by atoms with E-state index in [1.165, 1.54) is 5.56 Å². The van der Waals surface area contributed by atoms with E-state index in [9.17, 15) is 0 Å². The Bertz CT molecular complexity index is 1140. The molecule has 9 heteroatoms. The Kier molecular flexibility index (Phi) is 5.18. The lowest BCUT2D eigenvalue weighted by molar-refractivity contribution is 0.632. The van der Waals surface area contributed by atoms with E-state index in [0.717, 1.165) is 60.1 Å². The number of benzene rings is 1. The maximum atomic E-state index is 4.83. The van der Waals surface area contributed by atoms with Crippen LogP contribution in [0.25, 0.3) is 5.65 Å². The first kappa shape index (κ1) is 18.8. The minimum Gasteiger partial charge on any atom is -0.352 e. The molecular formula is C21H22N8S. The van der Waals surface area contributed by atoms with Crippen molar-refractivity contribution in [1.82, 2.24) is 29.8 Å². The van der Waals surface area contributed by atoms with E-state index >= 15 is 0 Å². The van der Waals surface area contributed by atoms with Crippen molar-refractivity contribution in [3.05, 3.63) is 66.2 Å². The third-order valence-electron chi connectivity index (χ3n) is 5.16. The minimum absolute atomic E-state index is 0.773. The van der Waals surface area contributed by atoms with Crippen LogP contribution in [0, 0.1) is 6.92 Å². The number of rotatable bonds is 5. The van der Waals surface area contributed by atoms with Crippen LogP contribution in [-0.4, -0.2) is 56.0 Å². The van der Waals surface area contributed by atoms with Crippen molar-refractivity contribution >= 4 is 29.0 Å². The number of aromatic nitrogens is 6. The second-order valence-corrected chi connectivity index (χ2v) is 8.17. The molecule has 3 aromatic heterocycles. The highest BCUT2D eigenvalue weighted by molar-refractivity contribution is 7.98. The summed E-state index contributed by atoms with van der Waals surface area (Å²) in [7, 11) is 0. The van der Waals surface area contributed by atoms with Gasteiger partial charge in [0.2, 0.25) is 0 Å². The van der Waals surface area contributed by atoms with Crippen molar-refractivity contribution in [3.8, 4) is 0 Å². The Labute approximate surface area is 179 Å². The first-order chi connectivity index (χ1) is 14.8. The number of nitrogens with zero attached hydrogens (tertiary/aromatic N) is 8. The highest BCUT2D eigenvalue weighted by atomic mass is 32.2. The fourth-order valence-corrected chi connectivity index (χ4v) is 4.31. The molecule has 1 aliphatic rings. The van der Waals surface area contributed by atoms with E-state index in [0.29, 0.717) is 0 Å². The number of piperazine rings is 1. The molecule has 1 fully saturated rings. The zero-order valence-electron chi connectivity index (χ0n) is 16.7. The maximum Gasteiger partial charge on any atom is 0.178 e. The zero-order valence-corrected chi connectivity index (χ0v) is 17.5. The molecule has 1 aliphatic heterocycles. The Morgan fingerprint density at radius 1 is 0.867 bits per heavy atom. The predicted molar refractivity (Wildman–Crippen MR) is 118 cm³/mol. The lowest BCUT2D eigenvalue weighted by atomic mass is 10.2. The lowest BCUT2D eigenvalue weighted by Gasteiger charge is -2.35. The standard InChI is InChI=1S/C21H22N8S/c1-16-24-25-18-7-8-19(26-29(16)18)27-9-11-28(12-10-27)20-13-22-14-21(23-20)30-15-17-5-3-2-4-6-17/h2-8,13-14H,9-12,15H2,1H3. The van der Waals surface area contributed by atoms with E-state index in [-0.39, 0.29) is 0 Å². The zero-order chi connectivity index (χ0) is 20.3. The molecule has 4 aromatic rings. The first-order valence-corrected chi connectivity index (χ1v) is 10.9. The molecule has 4 heterocycles. The van der Waals surface area contributed by atoms with Gasteiger partial charge < -0.3 is 9.80 Å². The quantitative estimate of drug-likeness (QED) is 0.458. The van der Waals surface area contributed by atoms with E-state index < -0.39 is 0 Å². The van der Waals surface area contributed by atoms with Crippen molar-refractivity contribution in [1.29, 1.82) is 0 Å². The Balaban J connectivity index is 1.23. The Morgan fingerprint density at radius 3 is 2.43 bits per heavy atom. The summed E-state index contributed by atoms with van der Waals surface area (Å²) < 4.78 is 1.79. The summed E-state index contributed by atoms with van der Waals surface area (Å²) in [6.07, 6.45) is 3.70. The number of hydrogen-bond acceptors (Lipinski definition) is 8. The molecular weight excluding hydrogens is 396 g/mol. The molecule has 8 nitrogen and oxygen atoms in total. The molecule has 1 saturated heterocycles. The molecule has 1 aromatic carbocycles. The molecule has 0 unspecified atom stereocenters. The third kappa shape index (κ3) is 3.93. The number of anilines is 2. The van der Waals surface area contributed by atoms with Gasteiger partial charge in [-0.05, 0) is 24.6 Å². The molecule has 0 atom stereocenters. The summed E-state index contributed by atoms with van der Waals surface area (Å²) in [6, 6.07) is 14.4. The van der Waals surface area contributed by atoms with Crippen LogP contribution in [0.1, 0.15) is 11.4 Å². The smallest absolute Gasteiger partial charge is 0.178 e. The predicted octanol–water partition coefficient (Wildman–Crippen LogP) is 2.84. The van der Waals surface area contributed by atoms with Crippen molar-refractivity contribution in [3.63, 3.8) is 0 Å². The van der Waals surface area contributed by atoms with Gasteiger partial charge in [-0.2, -0.15) is 4.52 Å². The third-order valence-corrected chi connectivity index (χ3v) is 6.13. The lowest BCUT2D eigenvalue weighted by Crippen LogP contribution is -2.47. The van der Waals surface area contributed by atoms with Crippen LogP contribution < -0.4 is 9.80 Å². The van der Waals surface area contributed by atoms with Crippen LogP contribution >= 0.6 is 11.8 Å². The second kappa shape index (κ2) is 8.27. The van der Waals surface area contributed by atoms with Crippen molar-refractivity contribution in [2.75, 3.05) is 36.0 Å². The molecule has 30 heavy (non-hydrogen) atoms. The molecule has 0 bridgehead atoms. The Morgan fingerprint density at radius 2 is 1.63 bits per heavy atom. The van der Waals surface area contributed by atoms with Crippen LogP contribution in [0.4, 0.5) is 11.6 Å². The van der Waals surface area contributed by atoms with Crippen LogP contribution in [0.5, 0.6) is 0 Å². The van der Waals surface area contributed by atoms with Crippen LogP contribution in [0.3, 0.4) is 0 Å². The van der Waals surface area contributed by atoms with Gasteiger partial charge in [0.05, 0.1) is 12.4 Å². The van der Waals surface area contributed by atoms with Gasteiger partial charge in [0.25, 0.3) is 0 Å². The second-order valence-electron chi connectivity index (χ2n) is 7.17. The fourth-order valence-electron chi connectivity index (χ4n) is 3.51. The number of fused-ring (bicyclic) bond motifs is 1. The molecule has 0 radical (unpaired) electrons. The molecule has 5 rings (SSSR count). The van der Waals surface area contributed by atoms with Crippen LogP contribution in [0.15, 0.2) is 59.9 Å². The van der Waals surface area contributed by atoms with Gasteiger partial charge in [0.1, 0.15) is 16.7 Å². The molecule has 0 amide bonds. The van der Waals surface area contributed by atoms with Crippen molar-refractivity contribution < 1.29 is 0 Å². The summed E-state index contributed by atoms with van der Waals surface area (Å²) in [4.78, 5) is 13.8. The van der Waals surface area contributed by atoms with Gasteiger partial charge in [0.15, 0.2) is 11.5 Å². The molecule has 0 N–H and O–H groups in total. The van der Waals surface area contributed by atoms with Gasteiger partial charge in [-0.3, -0.25) is 4.98 Å². The summed E-state index contributed by atoms with van der Waals surface area (Å²) >= 11 is 1.72.